The largest absolute Gasteiger partial charge is 0.493 e. The van der Waals surface area contributed by atoms with Gasteiger partial charge in [0, 0.05) is 12.6 Å². The molecule has 24 heavy (non-hydrogen) atoms. The number of nitrogens with one attached hydrogen (secondary N) is 1. The molecule has 1 saturated heterocycles. The first-order valence-corrected chi connectivity index (χ1v) is 8.41. The van der Waals surface area contributed by atoms with Gasteiger partial charge in [-0.05, 0) is 43.0 Å². The molecule has 2 N–H and O–H groups in total. The number of hydrogen-bond donors (Lipinski definition) is 2. The number of carbonyl (C=O) groups excluding carboxylic acids is 1. The lowest BCUT2D eigenvalue weighted by Gasteiger charge is -2.24. The number of rotatable bonds is 8. The molecule has 0 aliphatic carbocycles. The Bertz CT molecular complexity index is 550. The van der Waals surface area contributed by atoms with Crippen molar-refractivity contribution in [2.45, 2.75) is 25.8 Å². The van der Waals surface area contributed by atoms with E-state index in [2.05, 4.69) is 17.1 Å². The molecule has 0 bridgehead atoms. The molecule has 6 nitrogen and oxygen atoms in total. The van der Waals surface area contributed by atoms with E-state index in [-0.39, 0.29) is 18.6 Å². The van der Waals surface area contributed by atoms with Crippen LogP contribution in [0, 0.1) is 5.92 Å². The number of ether oxygens (including phenoxy) is 2. The highest BCUT2D eigenvalue weighted by Crippen LogP contribution is 2.27. The van der Waals surface area contributed by atoms with Crippen LogP contribution in [0.3, 0.4) is 0 Å². The van der Waals surface area contributed by atoms with E-state index in [9.17, 15) is 9.90 Å². The summed E-state index contributed by atoms with van der Waals surface area (Å²) in [5, 5.41) is 12.4. The summed E-state index contributed by atoms with van der Waals surface area (Å²) < 4.78 is 10.5. The molecule has 1 aliphatic rings. The lowest BCUT2D eigenvalue weighted by molar-refractivity contribution is -0.122. The van der Waals surface area contributed by atoms with Gasteiger partial charge in [-0.2, -0.15) is 0 Å². The van der Waals surface area contributed by atoms with Crippen LogP contribution in [0.4, 0.5) is 0 Å². The fourth-order valence-electron chi connectivity index (χ4n) is 3.20. The van der Waals surface area contributed by atoms with Crippen LogP contribution in [-0.2, 0) is 11.2 Å². The minimum Gasteiger partial charge on any atom is -0.493 e. The van der Waals surface area contributed by atoms with Gasteiger partial charge in [0.15, 0.2) is 11.5 Å². The molecule has 134 valence electrons. The molecule has 2 unspecified atom stereocenters. The Morgan fingerprint density at radius 2 is 2.08 bits per heavy atom. The molecule has 0 saturated carbocycles. The van der Waals surface area contributed by atoms with Crippen molar-refractivity contribution in [3.05, 3.63) is 23.8 Å². The molecule has 6 heteroatoms. The van der Waals surface area contributed by atoms with Crippen molar-refractivity contribution in [3.8, 4) is 11.5 Å². The van der Waals surface area contributed by atoms with E-state index in [1.54, 1.807) is 14.2 Å². The Labute approximate surface area is 143 Å². The molecule has 1 heterocycles. The van der Waals surface area contributed by atoms with Crippen molar-refractivity contribution in [1.29, 1.82) is 0 Å². The van der Waals surface area contributed by atoms with Gasteiger partial charge in [-0.15, -0.1) is 0 Å². The molecule has 1 aromatic rings. The monoisotopic (exact) mass is 336 g/mol. The quantitative estimate of drug-likeness (QED) is 0.743. The second kappa shape index (κ2) is 8.89. The summed E-state index contributed by atoms with van der Waals surface area (Å²) >= 11 is 0. The number of benzene rings is 1. The van der Waals surface area contributed by atoms with E-state index >= 15 is 0 Å². The number of amides is 1. The molecule has 1 aromatic carbocycles. The first kappa shape index (κ1) is 18.5. The van der Waals surface area contributed by atoms with Gasteiger partial charge in [-0.1, -0.05) is 13.0 Å². The predicted octanol–water partition coefficient (Wildman–Crippen LogP) is 1.07. The van der Waals surface area contributed by atoms with Crippen molar-refractivity contribution >= 4 is 5.91 Å². The fraction of sp³-hybridized carbons (Fsp3) is 0.611. The SMILES string of the molecule is COc1ccc(CCNC(=O)CN2CCC(C)C2CO)cc1OC. The zero-order chi connectivity index (χ0) is 17.5. The van der Waals surface area contributed by atoms with Gasteiger partial charge < -0.3 is 19.9 Å². The normalized spacial score (nSPS) is 20.8. The standard InChI is InChI=1S/C18H28N2O4/c1-13-7-9-20(15(13)12-21)11-18(22)19-8-6-14-4-5-16(23-2)17(10-14)24-3/h4-5,10,13,15,21H,6-9,11-12H2,1-3H3,(H,19,22). The summed E-state index contributed by atoms with van der Waals surface area (Å²) in [5.41, 5.74) is 1.08. The van der Waals surface area contributed by atoms with Crippen molar-refractivity contribution in [2.24, 2.45) is 5.92 Å². The summed E-state index contributed by atoms with van der Waals surface area (Å²) in [5.74, 6) is 1.83. The van der Waals surface area contributed by atoms with E-state index in [1.807, 2.05) is 18.2 Å². The number of nitrogens with zero attached hydrogens (tertiary/aromatic N) is 1. The third-order valence-corrected chi connectivity index (χ3v) is 4.72. The van der Waals surface area contributed by atoms with Crippen molar-refractivity contribution < 1.29 is 19.4 Å². The third kappa shape index (κ3) is 4.61. The van der Waals surface area contributed by atoms with Crippen molar-refractivity contribution in [2.75, 3.05) is 40.5 Å². The molecule has 2 atom stereocenters. The molecule has 1 fully saturated rings. The number of carbonyl (C=O) groups is 1. The average Bonchev–Trinajstić information content (AvgIpc) is 2.94. The Kier molecular flexibility index (Phi) is 6.87. The first-order chi connectivity index (χ1) is 11.6. The molecule has 2 rings (SSSR count). The van der Waals surface area contributed by atoms with Crippen LogP contribution in [0.1, 0.15) is 18.9 Å². The fourth-order valence-corrected chi connectivity index (χ4v) is 3.20. The van der Waals surface area contributed by atoms with Gasteiger partial charge >= 0.3 is 0 Å². The van der Waals surface area contributed by atoms with E-state index in [1.165, 1.54) is 0 Å². The Morgan fingerprint density at radius 1 is 1.33 bits per heavy atom. The van der Waals surface area contributed by atoms with Crippen LogP contribution in [0.15, 0.2) is 18.2 Å². The van der Waals surface area contributed by atoms with Crippen LogP contribution in [0.25, 0.3) is 0 Å². The molecule has 1 amide bonds. The zero-order valence-electron chi connectivity index (χ0n) is 14.7. The number of hydrogen-bond acceptors (Lipinski definition) is 5. The van der Waals surface area contributed by atoms with Crippen LogP contribution in [0.2, 0.25) is 0 Å². The maximum Gasteiger partial charge on any atom is 0.234 e. The van der Waals surface area contributed by atoms with E-state index < -0.39 is 0 Å². The summed E-state index contributed by atoms with van der Waals surface area (Å²) in [7, 11) is 3.22. The highest BCUT2D eigenvalue weighted by Gasteiger charge is 2.31. The van der Waals surface area contributed by atoms with Crippen LogP contribution in [-0.4, -0.2) is 62.4 Å². The molecule has 1 aliphatic heterocycles. The molecular weight excluding hydrogens is 308 g/mol. The van der Waals surface area contributed by atoms with Crippen LogP contribution < -0.4 is 14.8 Å². The molecule has 0 aromatic heterocycles. The molecular formula is C18H28N2O4. The third-order valence-electron chi connectivity index (χ3n) is 4.72. The highest BCUT2D eigenvalue weighted by molar-refractivity contribution is 5.78. The predicted molar refractivity (Wildman–Crippen MR) is 92.5 cm³/mol. The number of aliphatic hydroxyl groups excluding tert-OH is 1. The number of likely N-dealkylation sites (tertiary alicyclic amines) is 1. The van der Waals surface area contributed by atoms with E-state index in [4.69, 9.17) is 9.47 Å². The molecule has 0 spiro atoms. The summed E-state index contributed by atoms with van der Waals surface area (Å²) in [6.45, 7) is 4.02. The van der Waals surface area contributed by atoms with E-state index in [0.717, 1.165) is 24.9 Å². The summed E-state index contributed by atoms with van der Waals surface area (Å²) in [6, 6.07) is 5.86. The van der Waals surface area contributed by atoms with Crippen molar-refractivity contribution in [3.63, 3.8) is 0 Å². The Balaban J connectivity index is 1.78. The minimum absolute atomic E-state index is 0.00280. The topological polar surface area (TPSA) is 71.0 Å². The van der Waals surface area contributed by atoms with Gasteiger partial charge in [0.1, 0.15) is 0 Å². The van der Waals surface area contributed by atoms with Gasteiger partial charge in [0.25, 0.3) is 0 Å². The second-order valence-electron chi connectivity index (χ2n) is 6.28. The highest BCUT2D eigenvalue weighted by atomic mass is 16.5. The maximum absolute atomic E-state index is 12.1. The minimum atomic E-state index is 0.00280. The maximum atomic E-state index is 12.1. The number of aliphatic hydroxyl groups is 1. The van der Waals surface area contributed by atoms with Gasteiger partial charge in [-0.3, -0.25) is 9.69 Å². The number of methoxy groups -OCH3 is 2. The van der Waals surface area contributed by atoms with E-state index in [0.29, 0.717) is 30.5 Å². The Morgan fingerprint density at radius 3 is 2.75 bits per heavy atom. The summed E-state index contributed by atoms with van der Waals surface area (Å²) in [4.78, 5) is 14.2. The smallest absolute Gasteiger partial charge is 0.234 e. The zero-order valence-corrected chi connectivity index (χ0v) is 14.7. The molecule has 0 radical (unpaired) electrons. The van der Waals surface area contributed by atoms with Gasteiger partial charge in [-0.25, -0.2) is 0 Å². The lowest BCUT2D eigenvalue weighted by atomic mass is 10.0. The van der Waals surface area contributed by atoms with Crippen LogP contribution in [0.5, 0.6) is 11.5 Å². The lowest BCUT2D eigenvalue weighted by Crippen LogP contribution is -2.42. The average molecular weight is 336 g/mol. The van der Waals surface area contributed by atoms with Gasteiger partial charge in [0.05, 0.1) is 27.4 Å². The second-order valence-corrected chi connectivity index (χ2v) is 6.28. The summed E-state index contributed by atoms with van der Waals surface area (Å²) in [6.07, 6.45) is 1.76. The van der Waals surface area contributed by atoms with Gasteiger partial charge in [0.2, 0.25) is 5.91 Å². The Hall–Kier alpha value is -1.79. The van der Waals surface area contributed by atoms with Crippen LogP contribution >= 0.6 is 0 Å². The van der Waals surface area contributed by atoms with Crippen molar-refractivity contribution in [1.82, 2.24) is 10.2 Å². The first-order valence-electron chi connectivity index (χ1n) is 8.41.